The van der Waals surface area contributed by atoms with Gasteiger partial charge in [-0.3, -0.25) is 9.59 Å². The molecule has 24 heavy (non-hydrogen) atoms. The minimum Gasteiger partial charge on any atom is -0.341 e. The highest BCUT2D eigenvalue weighted by molar-refractivity contribution is 5.98. The van der Waals surface area contributed by atoms with Gasteiger partial charge in [-0.2, -0.15) is 0 Å². The third-order valence-electron chi connectivity index (χ3n) is 4.54. The fourth-order valence-electron chi connectivity index (χ4n) is 2.98. The molecule has 1 saturated heterocycles. The molecule has 1 aromatic rings. The van der Waals surface area contributed by atoms with Crippen LogP contribution in [-0.4, -0.2) is 42.4 Å². The van der Waals surface area contributed by atoms with Crippen LogP contribution in [0, 0.1) is 18.8 Å². The van der Waals surface area contributed by atoms with Crippen LogP contribution in [0.2, 0.25) is 0 Å². The topological polar surface area (TPSA) is 75.4 Å². The molecule has 1 heterocycles. The Morgan fingerprint density at radius 3 is 2.54 bits per heavy atom. The molecule has 2 amide bonds. The zero-order valence-electron chi connectivity index (χ0n) is 14.6. The molecule has 1 aromatic carbocycles. The summed E-state index contributed by atoms with van der Waals surface area (Å²) >= 11 is 0. The lowest BCUT2D eigenvalue weighted by molar-refractivity contribution is -0.133. The van der Waals surface area contributed by atoms with Gasteiger partial charge in [0.05, 0.1) is 0 Å². The molecular weight excluding hydrogens is 326 g/mol. The van der Waals surface area contributed by atoms with E-state index in [1.165, 1.54) is 0 Å². The van der Waals surface area contributed by atoms with E-state index in [9.17, 15) is 9.59 Å². The first kappa shape index (κ1) is 20.5. The number of likely N-dealkylation sites (tertiary alicyclic amines) is 1. The van der Waals surface area contributed by atoms with Crippen molar-refractivity contribution in [1.82, 2.24) is 10.2 Å². The monoisotopic (exact) mass is 353 g/mol. The van der Waals surface area contributed by atoms with E-state index in [-0.39, 0.29) is 30.1 Å². The maximum Gasteiger partial charge on any atom is 0.252 e. The van der Waals surface area contributed by atoms with Crippen molar-refractivity contribution in [3.05, 3.63) is 35.4 Å². The number of nitrogens with zero attached hydrogens (tertiary/aromatic N) is 1. The van der Waals surface area contributed by atoms with Gasteiger partial charge in [0.15, 0.2) is 0 Å². The largest absolute Gasteiger partial charge is 0.341 e. The van der Waals surface area contributed by atoms with Crippen molar-refractivity contribution < 1.29 is 9.59 Å². The molecule has 1 aliphatic heterocycles. The highest BCUT2D eigenvalue weighted by Crippen LogP contribution is 2.18. The summed E-state index contributed by atoms with van der Waals surface area (Å²) < 4.78 is 0. The fourth-order valence-corrected chi connectivity index (χ4v) is 2.98. The zero-order chi connectivity index (χ0) is 17.0. The van der Waals surface area contributed by atoms with Crippen molar-refractivity contribution in [2.75, 3.05) is 19.6 Å². The number of amides is 2. The Morgan fingerprint density at radius 1 is 1.33 bits per heavy atom. The molecule has 2 rings (SSSR count). The molecule has 1 aliphatic rings. The Balaban J connectivity index is 0.00000288. The second kappa shape index (κ2) is 9.04. The molecule has 5 nitrogen and oxygen atoms in total. The Bertz CT molecular complexity index is 577. The molecular formula is C18H28ClN3O2. The Kier molecular flexibility index (Phi) is 7.70. The van der Waals surface area contributed by atoms with E-state index >= 15 is 0 Å². The number of benzene rings is 1. The maximum absolute atomic E-state index is 12.8. The number of nitrogens with one attached hydrogen (secondary N) is 1. The number of carbonyl (C=O) groups excluding carboxylic acids is 2. The average Bonchev–Trinajstić information content (AvgIpc) is 3.01. The minimum absolute atomic E-state index is 0. The molecule has 0 saturated carbocycles. The number of nitrogens with two attached hydrogens (primary N) is 1. The predicted octanol–water partition coefficient (Wildman–Crippen LogP) is 1.98. The van der Waals surface area contributed by atoms with Crippen LogP contribution in [0.1, 0.15) is 36.2 Å². The standard InChI is InChI=1S/C18H27N3O2.ClH/c1-12(2)16(18(23)21-9-8-14(10-19)11-21)20-17(22)15-7-5-4-6-13(15)3;/h4-7,12,14,16H,8-11,19H2,1-3H3,(H,20,22);1H. The van der Waals surface area contributed by atoms with Crippen molar-refractivity contribution >= 4 is 24.2 Å². The first-order valence-corrected chi connectivity index (χ1v) is 8.29. The fraction of sp³-hybridized carbons (Fsp3) is 0.556. The Hall–Kier alpha value is -1.59. The average molecular weight is 354 g/mol. The van der Waals surface area contributed by atoms with Crippen LogP contribution < -0.4 is 11.1 Å². The van der Waals surface area contributed by atoms with E-state index < -0.39 is 6.04 Å². The second-order valence-electron chi connectivity index (χ2n) is 6.68. The summed E-state index contributed by atoms with van der Waals surface area (Å²) in [7, 11) is 0. The molecule has 6 heteroatoms. The highest BCUT2D eigenvalue weighted by Gasteiger charge is 2.33. The smallest absolute Gasteiger partial charge is 0.252 e. The number of aryl methyl sites for hydroxylation is 1. The Morgan fingerprint density at radius 2 is 2.00 bits per heavy atom. The molecule has 2 atom stereocenters. The van der Waals surface area contributed by atoms with Crippen LogP contribution in [0.15, 0.2) is 24.3 Å². The summed E-state index contributed by atoms with van der Waals surface area (Å²) in [6.45, 7) is 7.83. The summed E-state index contributed by atoms with van der Waals surface area (Å²) in [6.07, 6.45) is 0.943. The van der Waals surface area contributed by atoms with Crippen LogP contribution >= 0.6 is 12.4 Å². The summed E-state index contributed by atoms with van der Waals surface area (Å²) in [4.78, 5) is 27.1. The van der Waals surface area contributed by atoms with E-state index in [1.54, 1.807) is 6.07 Å². The first-order valence-electron chi connectivity index (χ1n) is 8.29. The van der Waals surface area contributed by atoms with Gasteiger partial charge in [-0.05, 0) is 43.4 Å². The van der Waals surface area contributed by atoms with Gasteiger partial charge in [0.1, 0.15) is 6.04 Å². The third kappa shape index (κ3) is 4.71. The molecule has 0 radical (unpaired) electrons. The van der Waals surface area contributed by atoms with E-state index in [2.05, 4.69) is 5.32 Å². The van der Waals surface area contributed by atoms with Gasteiger partial charge in [0, 0.05) is 18.7 Å². The molecule has 1 fully saturated rings. The molecule has 2 unspecified atom stereocenters. The van der Waals surface area contributed by atoms with E-state index in [1.807, 2.05) is 43.9 Å². The van der Waals surface area contributed by atoms with Crippen molar-refractivity contribution in [2.24, 2.45) is 17.6 Å². The van der Waals surface area contributed by atoms with E-state index in [4.69, 9.17) is 5.73 Å². The quantitative estimate of drug-likeness (QED) is 0.849. The minimum atomic E-state index is -0.501. The van der Waals surface area contributed by atoms with Crippen molar-refractivity contribution in [2.45, 2.75) is 33.2 Å². The van der Waals surface area contributed by atoms with Crippen molar-refractivity contribution in [1.29, 1.82) is 0 Å². The second-order valence-corrected chi connectivity index (χ2v) is 6.68. The number of hydrogen-bond acceptors (Lipinski definition) is 3. The summed E-state index contributed by atoms with van der Waals surface area (Å²) in [5.74, 6) is 0.217. The molecule has 134 valence electrons. The van der Waals surface area contributed by atoms with Crippen LogP contribution in [0.3, 0.4) is 0 Å². The predicted molar refractivity (Wildman–Crippen MR) is 98.3 cm³/mol. The highest BCUT2D eigenvalue weighted by atomic mass is 35.5. The summed E-state index contributed by atoms with van der Waals surface area (Å²) in [5, 5.41) is 2.92. The first-order chi connectivity index (χ1) is 10.9. The van der Waals surface area contributed by atoms with Crippen molar-refractivity contribution in [3.8, 4) is 0 Å². The number of hydrogen-bond donors (Lipinski definition) is 2. The summed E-state index contributed by atoms with van der Waals surface area (Å²) in [5.41, 5.74) is 7.22. The van der Waals surface area contributed by atoms with Crippen LogP contribution in [0.5, 0.6) is 0 Å². The van der Waals surface area contributed by atoms with Gasteiger partial charge >= 0.3 is 0 Å². The van der Waals surface area contributed by atoms with Gasteiger partial charge in [0.25, 0.3) is 5.91 Å². The molecule has 0 aliphatic carbocycles. The lowest BCUT2D eigenvalue weighted by atomic mass is 10.0. The normalized spacial score (nSPS) is 18.2. The zero-order valence-corrected chi connectivity index (χ0v) is 15.4. The van der Waals surface area contributed by atoms with Gasteiger partial charge in [0.2, 0.25) is 5.91 Å². The van der Waals surface area contributed by atoms with E-state index in [0.717, 1.165) is 18.5 Å². The van der Waals surface area contributed by atoms with Crippen LogP contribution in [0.4, 0.5) is 0 Å². The number of rotatable bonds is 5. The van der Waals surface area contributed by atoms with Crippen molar-refractivity contribution in [3.63, 3.8) is 0 Å². The third-order valence-corrected chi connectivity index (χ3v) is 4.54. The SMILES string of the molecule is Cc1ccccc1C(=O)NC(C(=O)N1CCC(CN)C1)C(C)C.Cl. The van der Waals surface area contributed by atoms with Crippen LogP contribution in [0.25, 0.3) is 0 Å². The molecule has 0 bridgehead atoms. The van der Waals surface area contributed by atoms with E-state index in [0.29, 0.717) is 24.6 Å². The molecule has 0 spiro atoms. The van der Waals surface area contributed by atoms with Gasteiger partial charge in [-0.25, -0.2) is 0 Å². The van der Waals surface area contributed by atoms with Gasteiger partial charge in [-0.15, -0.1) is 12.4 Å². The lowest BCUT2D eigenvalue weighted by Gasteiger charge is -2.27. The molecule has 3 N–H and O–H groups in total. The van der Waals surface area contributed by atoms with Gasteiger partial charge < -0.3 is 16.0 Å². The van der Waals surface area contributed by atoms with Crippen LogP contribution in [-0.2, 0) is 4.79 Å². The number of carbonyl (C=O) groups is 2. The van der Waals surface area contributed by atoms with Gasteiger partial charge in [-0.1, -0.05) is 32.0 Å². The summed E-state index contributed by atoms with van der Waals surface area (Å²) in [6, 6.07) is 6.91. The Labute approximate surface area is 150 Å². The maximum atomic E-state index is 12.8. The lowest BCUT2D eigenvalue weighted by Crippen LogP contribution is -2.50. The number of halogens is 1. The molecule has 0 aromatic heterocycles.